The van der Waals surface area contributed by atoms with Crippen molar-refractivity contribution in [3.05, 3.63) is 71.3 Å². The van der Waals surface area contributed by atoms with Gasteiger partial charge < -0.3 is 0 Å². The summed E-state index contributed by atoms with van der Waals surface area (Å²) in [7, 11) is 0. The van der Waals surface area contributed by atoms with Crippen LogP contribution in [-0.4, -0.2) is 23.2 Å². The number of nitrogens with zero attached hydrogens (tertiary/aromatic N) is 2. The van der Waals surface area contributed by atoms with Gasteiger partial charge in [0.1, 0.15) is 5.84 Å². The van der Waals surface area contributed by atoms with E-state index in [4.69, 9.17) is 4.99 Å². The van der Waals surface area contributed by atoms with Crippen LogP contribution in [0.5, 0.6) is 0 Å². The third kappa shape index (κ3) is 2.20. The Labute approximate surface area is 136 Å². The Morgan fingerprint density at radius 3 is 2.57 bits per heavy atom. The fraction of sp³-hybridized carbons (Fsp3) is 0.200. The molecule has 0 bridgehead atoms. The maximum absolute atomic E-state index is 13.0. The van der Waals surface area contributed by atoms with Crippen LogP contribution in [0.15, 0.2) is 65.2 Å². The van der Waals surface area contributed by atoms with E-state index in [1.807, 2.05) is 53.4 Å². The Morgan fingerprint density at radius 2 is 1.78 bits per heavy atom. The molecule has 1 amide bonds. The van der Waals surface area contributed by atoms with Crippen LogP contribution in [0.3, 0.4) is 0 Å². The predicted octanol–water partition coefficient (Wildman–Crippen LogP) is 3.98. The minimum atomic E-state index is 0.0830. The van der Waals surface area contributed by atoms with Crippen molar-refractivity contribution in [3.8, 4) is 0 Å². The molecule has 0 aromatic heterocycles. The molecule has 0 aliphatic carbocycles. The molecule has 4 rings (SSSR count). The van der Waals surface area contributed by atoms with E-state index in [1.165, 1.54) is 5.56 Å². The van der Waals surface area contributed by atoms with Gasteiger partial charge in [0, 0.05) is 18.5 Å². The first kappa shape index (κ1) is 13.9. The maximum atomic E-state index is 13.0. The summed E-state index contributed by atoms with van der Waals surface area (Å²) in [4.78, 5) is 19.6. The number of carbonyl (C=O) groups is 1. The first-order chi connectivity index (χ1) is 11.3. The Bertz CT molecular complexity index is 834. The molecule has 3 nitrogen and oxygen atoms in total. The van der Waals surface area contributed by atoms with Gasteiger partial charge in [-0.25, -0.2) is 4.99 Å². The first-order valence-electron chi connectivity index (χ1n) is 8.07. The molecule has 3 heteroatoms. The topological polar surface area (TPSA) is 32.7 Å². The van der Waals surface area contributed by atoms with Crippen LogP contribution < -0.4 is 0 Å². The predicted molar refractivity (Wildman–Crippen MR) is 92.6 cm³/mol. The molecule has 0 atom stereocenters. The summed E-state index contributed by atoms with van der Waals surface area (Å²) in [5, 5.41) is 0. The lowest BCUT2D eigenvalue weighted by Gasteiger charge is -2.21. The van der Waals surface area contributed by atoms with Gasteiger partial charge in [0.05, 0.1) is 11.3 Å². The Morgan fingerprint density at radius 1 is 1.04 bits per heavy atom. The second-order valence-electron chi connectivity index (χ2n) is 5.92. The van der Waals surface area contributed by atoms with Gasteiger partial charge >= 0.3 is 0 Å². The minimum Gasteiger partial charge on any atom is -0.292 e. The van der Waals surface area contributed by atoms with Crippen LogP contribution in [0.2, 0.25) is 0 Å². The van der Waals surface area contributed by atoms with Gasteiger partial charge in [-0.3, -0.25) is 9.69 Å². The van der Waals surface area contributed by atoms with E-state index in [2.05, 4.69) is 13.0 Å². The van der Waals surface area contributed by atoms with E-state index >= 15 is 0 Å². The van der Waals surface area contributed by atoms with Crippen LogP contribution in [0.4, 0.5) is 5.69 Å². The summed E-state index contributed by atoms with van der Waals surface area (Å²) >= 11 is 0. The smallest absolute Gasteiger partial charge is 0.260 e. The third-order valence-corrected chi connectivity index (χ3v) is 4.38. The van der Waals surface area contributed by atoms with Gasteiger partial charge in [-0.05, 0) is 23.6 Å². The minimum absolute atomic E-state index is 0.0830. The number of hydrogen-bond acceptors (Lipinski definition) is 2. The average molecular weight is 302 g/mol. The molecule has 0 N–H and O–H groups in total. The van der Waals surface area contributed by atoms with E-state index in [0.29, 0.717) is 6.54 Å². The molecular weight excluding hydrogens is 284 g/mol. The molecule has 2 aromatic carbocycles. The van der Waals surface area contributed by atoms with Crippen molar-refractivity contribution >= 4 is 23.0 Å². The number of aliphatic imine (C=N–C) groups is 1. The van der Waals surface area contributed by atoms with Crippen molar-refractivity contribution < 1.29 is 4.79 Å². The molecule has 2 heterocycles. The summed E-state index contributed by atoms with van der Waals surface area (Å²) in [6, 6.07) is 18.1. The molecule has 2 aromatic rings. The summed E-state index contributed by atoms with van der Waals surface area (Å²) in [5.41, 5.74) is 5.03. The number of amides is 1. The fourth-order valence-electron chi connectivity index (χ4n) is 3.34. The number of rotatable bonds is 3. The zero-order valence-electron chi connectivity index (χ0n) is 13.1. The van der Waals surface area contributed by atoms with Gasteiger partial charge in [0.25, 0.3) is 5.91 Å². The quantitative estimate of drug-likeness (QED) is 0.844. The Hall–Kier alpha value is -2.68. The van der Waals surface area contributed by atoms with E-state index in [1.54, 1.807) is 0 Å². The molecule has 114 valence electrons. The van der Waals surface area contributed by atoms with Crippen LogP contribution in [0, 0.1) is 0 Å². The highest BCUT2D eigenvalue weighted by atomic mass is 16.2. The zero-order valence-corrected chi connectivity index (χ0v) is 13.1. The Kier molecular flexibility index (Phi) is 3.34. The van der Waals surface area contributed by atoms with Gasteiger partial charge in [-0.2, -0.15) is 0 Å². The van der Waals surface area contributed by atoms with Crippen molar-refractivity contribution in [1.29, 1.82) is 0 Å². The third-order valence-electron chi connectivity index (χ3n) is 4.38. The lowest BCUT2D eigenvalue weighted by molar-refractivity contribution is -0.121. The van der Waals surface area contributed by atoms with E-state index in [9.17, 15) is 4.79 Å². The maximum Gasteiger partial charge on any atom is 0.260 e. The van der Waals surface area contributed by atoms with Crippen LogP contribution >= 0.6 is 0 Å². The standard InChI is InChI=1S/C20H18N2O/c1-2-12-22-19-16(13-15-10-6-7-11-17(15)21-19)18(20(22)23)14-8-4-3-5-9-14/h3-11H,2,12-13H2,1H3. The van der Waals surface area contributed by atoms with Crippen molar-refractivity contribution in [2.45, 2.75) is 19.8 Å². The normalized spacial score (nSPS) is 16.3. The van der Waals surface area contributed by atoms with Crippen molar-refractivity contribution in [1.82, 2.24) is 4.90 Å². The average Bonchev–Trinajstić information content (AvgIpc) is 2.85. The van der Waals surface area contributed by atoms with Crippen molar-refractivity contribution in [2.24, 2.45) is 4.99 Å². The highest BCUT2D eigenvalue weighted by molar-refractivity contribution is 6.37. The lowest BCUT2D eigenvalue weighted by atomic mass is 9.94. The van der Waals surface area contributed by atoms with Crippen molar-refractivity contribution in [2.75, 3.05) is 6.54 Å². The van der Waals surface area contributed by atoms with Gasteiger partial charge in [0.2, 0.25) is 0 Å². The number of hydrogen-bond donors (Lipinski definition) is 0. The SMILES string of the molecule is CCCN1C(=O)C(c2ccccc2)=C2Cc3ccccc3N=C21. The van der Waals surface area contributed by atoms with Gasteiger partial charge in [0.15, 0.2) is 0 Å². The molecule has 23 heavy (non-hydrogen) atoms. The largest absolute Gasteiger partial charge is 0.292 e. The number of amidine groups is 1. The molecular formula is C20H18N2O. The molecule has 0 unspecified atom stereocenters. The summed E-state index contributed by atoms with van der Waals surface area (Å²) in [5.74, 6) is 0.925. The number of para-hydroxylation sites is 1. The Balaban J connectivity index is 1.91. The second kappa shape index (κ2) is 5.51. The summed E-state index contributed by atoms with van der Waals surface area (Å²) in [6.45, 7) is 2.80. The molecule has 2 aliphatic heterocycles. The van der Waals surface area contributed by atoms with E-state index in [-0.39, 0.29) is 5.91 Å². The monoisotopic (exact) mass is 302 g/mol. The zero-order chi connectivity index (χ0) is 15.8. The van der Waals surface area contributed by atoms with E-state index < -0.39 is 0 Å². The summed E-state index contributed by atoms with van der Waals surface area (Å²) in [6.07, 6.45) is 1.69. The lowest BCUT2D eigenvalue weighted by Crippen LogP contribution is -2.33. The molecule has 0 saturated carbocycles. The molecule has 0 fully saturated rings. The van der Waals surface area contributed by atoms with Crippen LogP contribution in [-0.2, 0) is 11.2 Å². The number of benzene rings is 2. The van der Waals surface area contributed by atoms with Gasteiger partial charge in [-0.1, -0.05) is 55.5 Å². The van der Waals surface area contributed by atoms with Gasteiger partial charge in [-0.15, -0.1) is 0 Å². The molecule has 0 radical (unpaired) electrons. The summed E-state index contributed by atoms with van der Waals surface area (Å²) < 4.78 is 0. The highest BCUT2D eigenvalue weighted by Crippen LogP contribution is 2.38. The van der Waals surface area contributed by atoms with Crippen LogP contribution in [0.25, 0.3) is 5.57 Å². The highest BCUT2D eigenvalue weighted by Gasteiger charge is 2.38. The second-order valence-corrected chi connectivity index (χ2v) is 5.92. The molecule has 2 aliphatic rings. The first-order valence-corrected chi connectivity index (χ1v) is 8.07. The fourth-order valence-corrected chi connectivity index (χ4v) is 3.34. The molecule has 0 spiro atoms. The van der Waals surface area contributed by atoms with Crippen LogP contribution in [0.1, 0.15) is 24.5 Å². The number of fused-ring (bicyclic) bond motifs is 2. The number of carbonyl (C=O) groups excluding carboxylic acids is 1. The molecule has 0 saturated heterocycles. The van der Waals surface area contributed by atoms with E-state index in [0.717, 1.165) is 41.1 Å². The van der Waals surface area contributed by atoms with Crippen molar-refractivity contribution in [3.63, 3.8) is 0 Å².